The molecule has 2 aromatic rings. The first-order valence-electron chi connectivity index (χ1n) is 11.5. The van der Waals surface area contributed by atoms with Gasteiger partial charge >= 0.3 is 0 Å². The molecule has 0 unspecified atom stereocenters. The van der Waals surface area contributed by atoms with Gasteiger partial charge in [-0.2, -0.15) is 0 Å². The summed E-state index contributed by atoms with van der Waals surface area (Å²) >= 11 is 0. The van der Waals surface area contributed by atoms with Crippen LogP contribution in [0.2, 0.25) is 0 Å². The summed E-state index contributed by atoms with van der Waals surface area (Å²) in [6.45, 7) is 4.66. The number of aromatic nitrogens is 2. The molecule has 2 aliphatic rings. The fourth-order valence-corrected chi connectivity index (χ4v) is 4.57. The zero-order valence-electron chi connectivity index (χ0n) is 20.2. The summed E-state index contributed by atoms with van der Waals surface area (Å²) < 4.78 is 31.4. The molecule has 0 saturated carbocycles. The molecule has 1 aromatic carbocycles. The standard InChI is InChI=1S/C23H31FN6O5/c1-27(4-7-33-2)21-14-29(15-22(21)34-3)19-11-18(24)17(10-20(19)30(31)32)16-12-25-23(26-13-16)28-5-8-35-9-6-28/h10-13,21-22H,4-9,14-15H2,1-3H3/t21-,22-/m1/s1. The van der Waals surface area contributed by atoms with E-state index in [2.05, 4.69) is 14.9 Å². The Bertz CT molecular complexity index is 1020. The van der Waals surface area contributed by atoms with Gasteiger partial charge in [0.05, 0.1) is 36.9 Å². The summed E-state index contributed by atoms with van der Waals surface area (Å²) in [4.78, 5) is 26.1. The van der Waals surface area contributed by atoms with Gasteiger partial charge in [-0.25, -0.2) is 14.4 Å². The molecule has 11 nitrogen and oxygen atoms in total. The zero-order valence-corrected chi connectivity index (χ0v) is 20.2. The number of anilines is 2. The number of morpholine rings is 1. The number of nitrogens with zero attached hydrogens (tertiary/aromatic N) is 6. The SMILES string of the molecule is COCCN(C)[C@@H]1CN(c2cc(F)c(-c3cnc(N4CCOCC4)nc3)cc2[N+](=O)[O-])C[C@H]1OC. The molecule has 190 valence electrons. The molecule has 2 atom stereocenters. The predicted molar refractivity (Wildman–Crippen MR) is 128 cm³/mol. The highest BCUT2D eigenvalue weighted by molar-refractivity contribution is 5.74. The van der Waals surface area contributed by atoms with E-state index in [1.54, 1.807) is 14.2 Å². The average molecular weight is 491 g/mol. The van der Waals surface area contributed by atoms with Crippen molar-refractivity contribution in [3.8, 4) is 11.1 Å². The van der Waals surface area contributed by atoms with Crippen molar-refractivity contribution in [2.45, 2.75) is 12.1 Å². The minimum absolute atomic E-state index is 0.0152. The molecular formula is C23H31FN6O5. The van der Waals surface area contributed by atoms with Crippen molar-refractivity contribution in [2.24, 2.45) is 0 Å². The van der Waals surface area contributed by atoms with E-state index >= 15 is 4.39 Å². The molecule has 3 heterocycles. The van der Waals surface area contributed by atoms with Crippen LogP contribution >= 0.6 is 0 Å². The Morgan fingerprint density at radius 2 is 1.91 bits per heavy atom. The third-order valence-corrected chi connectivity index (χ3v) is 6.60. The molecule has 2 saturated heterocycles. The van der Waals surface area contributed by atoms with Crippen LogP contribution in [0.25, 0.3) is 11.1 Å². The van der Waals surface area contributed by atoms with Crippen LogP contribution in [0.5, 0.6) is 0 Å². The van der Waals surface area contributed by atoms with E-state index in [1.807, 2.05) is 16.8 Å². The van der Waals surface area contributed by atoms with Crippen molar-refractivity contribution in [1.82, 2.24) is 14.9 Å². The topological polar surface area (TPSA) is 106 Å². The minimum Gasteiger partial charge on any atom is -0.383 e. The van der Waals surface area contributed by atoms with Gasteiger partial charge in [-0.3, -0.25) is 15.0 Å². The fourth-order valence-electron chi connectivity index (χ4n) is 4.57. The van der Waals surface area contributed by atoms with Crippen LogP contribution in [0.1, 0.15) is 0 Å². The van der Waals surface area contributed by atoms with Gasteiger partial charge in [-0.15, -0.1) is 0 Å². The van der Waals surface area contributed by atoms with Gasteiger partial charge in [0, 0.05) is 82.6 Å². The van der Waals surface area contributed by atoms with E-state index in [4.69, 9.17) is 14.2 Å². The highest BCUT2D eigenvalue weighted by Crippen LogP contribution is 2.37. The van der Waals surface area contributed by atoms with Crippen molar-refractivity contribution < 1.29 is 23.5 Å². The lowest BCUT2D eigenvalue weighted by Crippen LogP contribution is -2.43. The summed E-state index contributed by atoms with van der Waals surface area (Å²) in [7, 11) is 5.21. The van der Waals surface area contributed by atoms with E-state index in [1.165, 1.54) is 24.5 Å². The van der Waals surface area contributed by atoms with Gasteiger partial charge in [0.25, 0.3) is 5.69 Å². The molecular weight excluding hydrogens is 459 g/mol. The summed E-state index contributed by atoms with van der Waals surface area (Å²) in [6.07, 6.45) is 2.81. The molecule has 35 heavy (non-hydrogen) atoms. The maximum absolute atomic E-state index is 15.3. The number of nitro benzene ring substituents is 1. The van der Waals surface area contributed by atoms with E-state index in [9.17, 15) is 10.1 Å². The second-order valence-electron chi connectivity index (χ2n) is 8.67. The lowest BCUT2D eigenvalue weighted by Gasteiger charge is -2.27. The van der Waals surface area contributed by atoms with Crippen LogP contribution in [-0.2, 0) is 14.2 Å². The number of ether oxygens (including phenoxy) is 3. The number of halogens is 1. The lowest BCUT2D eigenvalue weighted by molar-refractivity contribution is -0.384. The number of methoxy groups -OCH3 is 2. The number of hydrogen-bond acceptors (Lipinski definition) is 10. The maximum Gasteiger partial charge on any atom is 0.293 e. The molecule has 0 radical (unpaired) electrons. The normalized spacial score (nSPS) is 20.6. The molecule has 0 bridgehead atoms. The number of likely N-dealkylation sites (N-methyl/N-ethyl adjacent to an activating group) is 1. The number of hydrogen-bond donors (Lipinski definition) is 0. The van der Waals surface area contributed by atoms with Crippen molar-refractivity contribution in [1.29, 1.82) is 0 Å². The summed E-state index contributed by atoms with van der Waals surface area (Å²) in [5, 5.41) is 12.0. The maximum atomic E-state index is 15.3. The number of rotatable bonds is 9. The van der Waals surface area contributed by atoms with Crippen molar-refractivity contribution >= 4 is 17.3 Å². The molecule has 0 amide bonds. The molecule has 2 aliphatic heterocycles. The number of nitro groups is 1. The fraction of sp³-hybridized carbons (Fsp3) is 0.565. The largest absolute Gasteiger partial charge is 0.383 e. The summed E-state index contributed by atoms with van der Waals surface area (Å²) in [5.41, 5.74) is 0.522. The highest BCUT2D eigenvalue weighted by Gasteiger charge is 2.38. The molecule has 0 N–H and O–H groups in total. The van der Waals surface area contributed by atoms with Gasteiger partial charge in [-0.1, -0.05) is 0 Å². The van der Waals surface area contributed by atoms with Gasteiger partial charge in [0.15, 0.2) is 0 Å². The van der Waals surface area contributed by atoms with Gasteiger partial charge in [0.1, 0.15) is 11.5 Å². The Hall–Kier alpha value is -2.93. The summed E-state index contributed by atoms with van der Waals surface area (Å²) in [5.74, 6) is -0.0478. The van der Waals surface area contributed by atoms with E-state index in [0.29, 0.717) is 64.1 Å². The van der Waals surface area contributed by atoms with Crippen LogP contribution in [0, 0.1) is 15.9 Å². The first kappa shape index (κ1) is 25.2. The third-order valence-electron chi connectivity index (χ3n) is 6.60. The van der Waals surface area contributed by atoms with Crippen LogP contribution in [-0.4, -0.2) is 106 Å². The average Bonchev–Trinajstić information content (AvgIpc) is 3.32. The monoisotopic (exact) mass is 490 g/mol. The van der Waals surface area contributed by atoms with Gasteiger partial charge in [0.2, 0.25) is 5.95 Å². The Balaban J connectivity index is 1.60. The zero-order chi connectivity index (χ0) is 24.9. The second-order valence-corrected chi connectivity index (χ2v) is 8.67. The lowest BCUT2D eigenvalue weighted by atomic mass is 10.1. The second kappa shape index (κ2) is 11.2. The minimum atomic E-state index is -0.571. The van der Waals surface area contributed by atoms with Gasteiger partial charge in [-0.05, 0) is 7.05 Å². The first-order valence-corrected chi connectivity index (χ1v) is 11.5. The van der Waals surface area contributed by atoms with Crippen molar-refractivity contribution in [2.75, 3.05) is 83.6 Å². The Morgan fingerprint density at radius 1 is 1.20 bits per heavy atom. The van der Waals surface area contributed by atoms with Crippen molar-refractivity contribution in [3.63, 3.8) is 0 Å². The van der Waals surface area contributed by atoms with E-state index < -0.39 is 10.7 Å². The highest BCUT2D eigenvalue weighted by atomic mass is 19.1. The molecule has 12 heteroatoms. The van der Waals surface area contributed by atoms with Crippen LogP contribution in [0.3, 0.4) is 0 Å². The van der Waals surface area contributed by atoms with Crippen LogP contribution in [0.15, 0.2) is 24.5 Å². The predicted octanol–water partition coefficient (Wildman–Crippen LogP) is 1.81. The molecule has 1 aromatic heterocycles. The first-order chi connectivity index (χ1) is 16.9. The summed E-state index contributed by atoms with van der Waals surface area (Å²) in [6, 6.07) is 2.48. The van der Waals surface area contributed by atoms with Crippen LogP contribution in [0.4, 0.5) is 21.7 Å². The van der Waals surface area contributed by atoms with E-state index in [-0.39, 0.29) is 29.1 Å². The van der Waals surface area contributed by atoms with Crippen molar-refractivity contribution in [3.05, 3.63) is 40.5 Å². The third kappa shape index (κ3) is 5.50. The Labute approximate surface area is 203 Å². The number of benzene rings is 1. The quantitative estimate of drug-likeness (QED) is 0.382. The Kier molecular flexibility index (Phi) is 8.06. The molecule has 2 fully saturated rings. The molecule has 4 rings (SSSR count). The van der Waals surface area contributed by atoms with Crippen LogP contribution < -0.4 is 9.80 Å². The molecule has 0 aliphatic carbocycles. The van der Waals surface area contributed by atoms with E-state index in [0.717, 1.165) is 0 Å². The smallest absolute Gasteiger partial charge is 0.293 e. The van der Waals surface area contributed by atoms with Gasteiger partial charge < -0.3 is 24.0 Å². The Morgan fingerprint density at radius 3 is 2.54 bits per heavy atom. The molecule has 0 spiro atoms.